The number of alkyl halides is 3. The van der Waals surface area contributed by atoms with Crippen LogP contribution in [0.15, 0.2) is 97.2 Å². The highest BCUT2D eigenvalue weighted by molar-refractivity contribution is 6.08. The number of hydrogen-bond acceptors (Lipinski definition) is 5. The molecule has 0 saturated heterocycles. The van der Waals surface area contributed by atoms with Crippen LogP contribution in [0.2, 0.25) is 0 Å². The number of ketones is 1. The lowest BCUT2D eigenvalue weighted by atomic mass is 10.0. The lowest BCUT2D eigenvalue weighted by Crippen LogP contribution is -2.06. The van der Waals surface area contributed by atoms with Gasteiger partial charge < -0.3 is 9.47 Å². The minimum absolute atomic E-state index is 0.0184. The van der Waals surface area contributed by atoms with Crippen LogP contribution in [0.1, 0.15) is 27.2 Å². The molecule has 0 bridgehead atoms. The van der Waals surface area contributed by atoms with Gasteiger partial charge in [-0.1, -0.05) is 41.6 Å². The van der Waals surface area contributed by atoms with Gasteiger partial charge in [-0.2, -0.15) is 13.2 Å². The molecule has 0 aliphatic heterocycles. The van der Waals surface area contributed by atoms with Crippen molar-refractivity contribution in [3.8, 4) is 17.2 Å². The molecule has 0 radical (unpaired) electrons. The maximum atomic E-state index is 13.1. The van der Waals surface area contributed by atoms with Crippen LogP contribution in [0.3, 0.4) is 0 Å². The van der Waals surface area contributed by atoms with Gasteiger partial charge in [0.1, 0.15) is 23.8 Å². The Bertz CT molecular complexity index is 1660. The third-order valence-electron chi connectivity index (χ3n) is 6.06. The van der Waals surface area contributed by atoms with Gasteiger partial charge in [0.05, 0.1) is 24.6 Å². The Kier molecular flexibility index (Phi) is 7.14. The molecule has 4 aromatic carbocycles. The number of methoxy groups -OCH3 is 1. The monoisotopic (exact) mass is 529 g/mol. The van der Waals surface area contributed by atoms with E-state index in [9.17, 15) is 18.0 Å². The number of hydrogen-bond donors (Lipinski definition) is 0. The van der Waals surface area contributed by atoms with Gasteiger partial charge in [0, 0.05) is 11.1 Å². The van der Waals surface area contributed by atoms with Crippen LogP contribution in [0.5, 0.6) is 11.5 Å². The molecule has 0 fully saturated rings. The summed E-state index contributed by atoms with van der Waals surface area (Å²) in [5.41, 5.74) is 1.10. The maximum Gasteiger partial charge on any atom is 0.416 e. The Hall–Kier alpha value is -4.92. The maximum absolute atomic E-state index is 13.1. The first-order valence-corrected chi connectivity index (χ1v) is 11.9. The van der Waals surface area contributed by atoms with Gasteiger partial charge in [0.25, 0.3) is 0 Å². The highest BCUT2D eigenvalue weighted by Crippen LogP contribution is 2.31. The molecular weight excluding hydrogens is 507 g/mol. The lowest BCUT2D eigenvalue weighted by molar-refractivity contribution is -0.137. The molecule has 39 heavy (non-hydrogen) atoms. The minimum atomic E-state index is -4.46. The van der Waals surface area contributed by atoms with Crippen LogP contribution < -0.4 is 9.47 Å². The van der Waals surface area contributed by atoms with Crippen molar-refractivity contribution in [3.05, 3.63) is 120 Å². The zero-order chi connectivity index (χ0) is 27.4. The summed E-state index contributed by atoms with van der Waals surface area (Å²) in [6.07, 6.45) is 0.251. The molecule has 0 amide bonds. The third-order valence-corrected chi connectivity index (χ3v) is 6.06. The van der Waals surface area contributed by atoms with E-state index in [0.29, 0.717) is 28.3 Å². The molecule has 6 nitrogen and oxygen atoms in total. The van der Waals surface area contributed by atoms with E-state index in [1.54, 1.807) is 43.5 Å². The van der Waals surface area contributed by atoms with Crippen LogP contribution in [0.4, 0.5) is 13.2 Å². The second kappa shape index (κ2) is 10.8. The first-order valence-electron chi connectivity index (χ1n) is 11.9. The number of fused-ring (bicyclic) bond motifs is 1. The van der Waals surface area contributed by atoms with E-state index in [4.69, 9.17) is 9.47 Å². The zero-order valence-electron chi connectivity index (χ0n) is 20.7. The molecule has 0 unspecified atom stereocenters. The van der Waals surface area contributed by atoms with Gasteiger partial charge in [-0.3, -0.25) is 4.79 Å². The van der Waals surface area contributed by atoms with Crippen LogP contribution in [-0.2, 0) is 12.8 Å². The molecular formula is C30H22F3N3O3. The van der Waals surface area contributed by atoms with E-state index in [-0.39, 0.29) is 18.1 Å². The van der Waals surface area contributed by atoms with Crippen LogP contribution in [0, 0.1) is 0 Å². The molecule has 0 atom stereocenters. The number of halogens is 3. The Morgan fingerprint density at radius 2 is 1.77 bits per heavy atom. The zero-order valence-corrected chi connectivity index (χ0v) is 20.7. The first kappa shape index (κ1) is 25.7. The summed E-state index contributed by atoms with van der Waals surface area (Å²) in [7, 11) is 1.56. The standard InChI is InChI=1S/C30H22F3N3O3/c1-38-25-12-9-21(10-13-25)28(37)15-14-27-26-8-3-2-5-20(26)11-16-29(27)39-19-23-18-36(35-34-23)24-7-4-6-22(17-24)30(31,32)33/h2-18H,19H2,1H3/b15-14+. The molecule has 1 heterocycles. The molecule has 0 aliphatic carbocycles. The van der Waals surface area contributed by atoms with Crippen molar-refractivity contribution in [2.24, 2.45) is 0 Å². The van der Waals surface area contributed by atoms with E-state index in [1.165, 1.54) is 29.1 Å². The number of rotatable bonds is 8. The van der Waals surface area contributed by atoms with E-state index in [0.717, 1.165) is 22.9 Å². The van der Waals surface area contributed by atoms with Crippen LogP contribution >= 0.6 is 0 Å². The lowest BCUT2D eigenvalue weighted by Gasteiger charge is -2.11. The van der Waals surface area contributed by atoms with Crippen molar-refractivity contribution in [3.63, 3.8) is 0 Å². The highest BCUT2D eigenvalue weighted by atomic mass is 19.4. The smallest absolute Gasteiger partial charge is 0.416 e. The van der Waals surface area contributed by atoms with Gasteiger partial charge in [-0.25, -0.2) is 4.68 Å². The van der Waals surface area contributed by atoms with Gasteiger partial charge >= 0.3 is 6.18 Å². The summed E-state index contributed by atoms with van der Waals surface area (Å²) in [6, 6.07) is 23.1. The summed E-state index contributed by atoms with van der Waals surface area (Å²) in [5.74, 6) is 0.993. The molecule has 1 aromatic heterocycles. The summed E-state index contributed by atoms with van der Waals surface area (Å²) < 4.78 is 51.7. The van der Waals surface area contributed by atoms with E-state index in [1.807, 2.05) is 30.3 Å². The quantitative estimate of drug-likeness (QED) is 0.161. The molecule has 0 aliphatic rings. The Morgan fingerprint density at radius 1 is 0.974 bits per heavy atom. The van der Waals surface area contributed by atoms with E-state index in [2.05, 4.69) is 10.3 Å². The van der Waals surface area contributed by atoms with Crippen molar-refractivity contribution in [2.75, 3.05) is 7.11 Å². The van der Waals surface area contributed by atoms with Crippen molar-refractivity contribution in [1.82, 2.24) is 15.0 Å². The summed E-state index contributed by atoms with van der Waals surface area (Å²) in [6.45, 7) is 0.0184. The Morgan fingerprint density at radius 3 is 2.54 bits per heavy atom. The number of carbonyl (C=O) groups is 1. The molecule has 0 N–H and O–H groups in total. The second-order valence-corrected chi connectivity index (χ2v) is 8.62. The third kappa shape index (κ3) is 5.82. The number of nitrogens with zero attached hydrogens (tertiary/aromatic N) is 3. The summed E-state index contributed by atoms with van der Waals surface area (Å²) in [4.78, 5) is 12.8. The molecule has 5 rings (SSSR count). The number of ether oxygens (including phenoxy) is 2. The van der Waals surface area contributed by atoms with E-state index >= 15 is 0 Å². The summed E-state index contributed by atoms with van der Waals surface area (Å²) in [5, 5.41) is 9.85. The topological polar surface area (TPSA) is 66.2 Å². The average Bonchev–Trinajstić information content (AvgIpc) is 3.44. The summed E-state index contributed by atoms with van der Waals surface area (Å²) >= 11 is 0. The number of allylic oxidation sites excluding steroid dienone is 1. The molecule has 0 saturated carbocycles. The predicted octanol–water partition coefficient (Wildman–Crippen LogP) is 6.92. The molecule has 9 heteroatoms. The fourth-order valence-corrected chi connectivity index (χ4v) is 4.05. The molecule has 196 valence electrons. The van der Waals surface area contributed by atoms with E-state index < -0.39 is 11.7 Å². The normalized spacial score (nSPS) is 11.7. The molecule has 0 spiro atoms. The van der Waals surface area contributed by atoms with Gasteiger partial charge in [-0.15, -0.1) is 5.10 Å². The fourth-order valence-electron chi connectivity index (χ4n) is 4.05. The van der Waals surface area contributed by atoms with Gasteiger partial charge in [-0.05, 0) is 71.5 Å². The molecule has 5 aromatic rings. The van der Waals surface area contributed by atoms with Gasteiger partial charge in [0.2, 0.25) is 0 Å². The fraction of sp³-hybridized carbons (Fsp3) is 0.100. The Labute approximate surface area is 221 Å². The van der Waals surface area contributed by atoms with Crippen molar-refractivity contribution in [1.29, 1.82) is 0 Å². The SMILES string of the molecule is COc1ccc(C(=O)/C=C/c2c(OCc3cn(-c4cccc(C(F)(F)F)c4)nn3)ccc3ccccc23)cc1. The first-order chi connectivity index (χ1) is 18.8. The minimum Gasteiger partial charge on any atom is -0.497 e. The number of aromatic nitrogens is 3. The average molecular weight is 530 g/mol. The van der Waals surface area contributed by atoms with Gasteiger partial charge in [0.15, 0.2) is 5.78 Å². The highest BCUT2D eigenvalue weighted by Gasteiger charge is 2.30. The largest absolute Gasteiger partial charge is 0.497 e. The Balaban J connectivity index is 1.38. The predicted molar refractivity (Wildman–Crippen MR) is 141 cm³/mol. The van der Waals surface area contributed by atoms with Crippen molar-refractivity contribution >= 4 is 22.6 Å². The van der Waals surface area contributed by atoms with Crippen molar-refractivity contribution < 1.29 is 27.4 Å². The number of benzene rings is 4. The van der Waals surface area contributed by atoms with Crippen molar-refractivity contribution in [2.45, 2.75) is 12.8 Å². The van der Waals surface area contributed by atoms with Crippen LogP contribution in [-0.4, -0.2) is 27.9 Å². The van der Waals surface area contributed by atoms with Crippen LogP contribution in [0.25, 0.3) is 22.5 Å². The number of carbonyl (C=O) groups excluding carboxylic acids is 1. The second-order valence-electron chi connectivity index (χ2n) is 8.62.